The van der Waals surface area contributed by atoms with Gasteiger partial charge in [-0.2, -0.15) is 0 Å². The van der Waals surface area contributed by atoms with Crippen molar-refractivity contribution in [2.24, 2.45) is 10.9 Å². The minimum absolute atomic E-state index is 0. The lowest BCUT2D eigenvalue weighted by Crippen LogP contribution is -2.42. The van der Waals surface area contributed by atoms with Gasteiger partial charge in [-0.3, -0.25) is 4.99 Å². The topological polar surface area (TPSA) is 58.1 Å². The van der Waals surface area contributed by atoms with E-state index in [0.29, 0.717) is 19.1 Å². The normalized spacial score (nSPS) is 20.1. The van der Waals surface area contributed by atoms with Crippen molar-refractivity contribution in [3.8, 4) is 11.5 Å². The first-order chi connectivity index (χ1) is 13.1. The molecule has 1 aromatic carbocycles. The fourth-order valence-corrected chi connectivity index (χ4v) is 3.82. The fourth-order valence-electron chi connectivity index (χ4n) is 3.82. The van der Waals surface area contributed by atoms with Gasteiger partial charge in [0.2, 0.25) is 0 Å². The van der Waals surface area contributed by atoms with Crippen molar-refractivity contribution < 1.29 is 9.47 Å². The Balaban J connectivity index is 0.00000280. The number of fused-ring (bicyclic) bond motifs is 1. The summed E-state index contributed by atoms with van der Waals surface area (Å²) in [6, 6.07) is 4.25. The van der Waals surface area contributed by atoms with E-state index in [1.807, 2.05) is 14.0 Å². The van der Waals surface area contributed by atoms with Gasteiger partial charge in [-0.25, -0.2) is 0 Å². The number of likely N-dealkylation sites (tertiary alicyclic amines) is 1. The summed E-state index contributed by atoms with van der Waals surface area (Å²) in [5, 5.41) is 6.91. The number of hydrogen-bond donors (Lipinski definition) is 2. The van der Waals surface area contributed by atoms with Crippen LogP contribution < -0.4 is 20.1 Å². The Labute approximate surface area is 186 Å². The zero-order chi connectivity index (χ0) is 19.2. The Hall–Kier alpha value is -1.22. The van der Waals surface area contributed by atoms with Crippen molar-refractivity contribution in [3.63, 3.8) is 0 Å². The molecule has 1 fully saturated rings. The maximum atomic E-state index is 5.92. The number of ether oxygens (including phenoxy) is 2. The number of hydrogen-bond acceptors (Lipinski definition) is 4. The molecular formula is C21H35IN4O2. The molecule has 7 heteroatoms. The maximum absolute atomic E-state index is 5.92. The van der Waals surface area contributed by atoms with E-state index >= 15 is 0 Å². The van der Waals surface area contributed by atoms with Crippen molar-refractivity contribution in [2.45, 2.75) is 45.8 Å². The van der Waals surface area contributed by atoms with E-state index in [1.165, 1.54) is 31.5 Å². The van der Waals surface area contributed by atoms with Crippen LogP contribution in [0.15, 0.2) is 17.1 Å². The number of guanidine groups is 1. The van der Waals surface area contributed by atoms with Crippen LogP contribution in [0.3, 0.4) is 0 Å². The summed E-state index contributed by atoms with van der Waals surface area (Å²) in [6.07, 6.45) is 3.68. The second-order valence-electron chi connectivity index (χ2n) is 7.69. The van der Waals surface area contributed by atoms with Crippen LogP contribution in [0.25, 0.3) is 0 Å². The Bertz CT molecular complexity index is 660. The molecule has 1 unspecified atom stereocenters. The maximum Gasteiger partial charge on any atom is 0.191 e. The minimum Gasteiger partial charge on any atom is -0.494 e. The van der Waals surface area contributed by atoms with Crippen LogP contribution in [-0.4, -0.2) is 57.3 Å². The molecule has 0 spiro atoms. The predicted molar refractivity (Wildman–Crippen MR) is 125 cm³/mol. The van der Waals surface area contributed by atoms with E-state index < -0.39 is 0 Å². The van der Waals surface area contributed by atoms with Gasteiger partial charge < -0.3 is 25.0 Å². The summed E-state index contributed by atoms with van der Waals surface area (Å²) in [6.45, 7) is 8.78. The van der Waals surface area contributed by atoms with Crippen LogP contribution in [0, 0.1) is 5.92 Å². The van der Waals surface area contributed by atoms with Gasteiger partial charge in [-0.05, 0) is 64.9 Å². The smallest absolute Gasteiger partial charge is 0.191 e. The molecule has 2 aliphatic rings. The van der Waals surface area contributed by atoms with Gasteiger partial charge >= 0.3 is 0 Å². The highest BCUT2D eigenvalue weighted by molar-refractivity contribution is 14.0. The average Bonchev–Trinajstić information content (AvgIpc) is 3.02. The summed E-state index contributed by atoms with van der Waals surface area (Å²) in [5.41, 5.74) is 2.34. The average molecular weight is 502 g/mol. The number of nitrogens with one attached hydrogen (secondary N) is 2. The van der Waals surface area contributed by atoms with E-state index in [4.69, 9.17) is 9.47 Å². The lowest BCUT2D eigenvalue weighted by molar-refractivity contribution is 0.220. The van der Waals surface area contributed by atoms with Crippen LogP contribution in [0.1, 0.15) is 37.8 Å². The number of rotatable bonds is 6. The van der Waals surface area contributed by atoms with E-state index in [0.717, 1.165) is 36.0 Å². The molecule has 0 bridgehead atoms. The van der Waals surface area contributed by atoms with Crippen molar-refractivity contribution in [3.05, 3.63) is 23.3 Å². The van der Waals surface area contributed by atoms with Crippen molar-refractivity contribution in [1.82, 2.24) is 15.5 Å². The van der Waals surface area contributed by atoms with Gasteiger partial charge in [-0.1, -0.05) is 0 Å². The quantitative estimate of drug-likeness (QED) is 0.356. The van der Waals surface area contributed by atoms with Crippen LogP contribution in [-0.2, 0) is 13.0 Å². The van der Waals surface area contributed by atoms with Crippen molar-refractivity contribution in [2.75, 3.05) is 40.3 Å². The second-order valence-corrected chi connectivity index (χ2v) is 7.69. The minimum atomic E-state index is 0. The largest absolute Gasteiger partial charge is 0.494 e. The summed E-state index contributed by atoms with van der Waals surface area (Å²) >= 11 is 0. The Morgan fingerprint density at radius 3 is 2.71 bits per heavy atom. The van der Waals surface area contributed by atoms with E-state index in [2.05, 4.69) is 46.6 Å². The van der Waals surface area contributed by atoms with E-state index in [-0.39, 0.29) is 30.1 Å². The first-order valence-corrected chi connectivity index (χ1v) is 10.2. The third-order valence-electron chi connectivity index (χ3n) is 5.45. The summed E-state index contributed by atoms with van der Waals surface area (Å²) in [5.74, 6) is 3.48. The molecule has 0 amide bonds. The monoisotopic (exact) mass is 502 g/mol. The molecular weight excluding hydrogens is 467 g/mol. The molecule has 6 nitrogen and oxygen atoms in total. The summed E-state index contributed by atoms with van der Waals surface area (Å²) in [4.78, 5) is 6.77. The molecule has 2 N–H and O–H groups in total. The molecule has 0 radical (unpaired) electrons. The molecule has 2 heterocycles. The zero-order valence-corrected chi connectivity index (χ0v) is 19.9. The molecule has 158 valence electrons. The van der Waals surface area contributed by atoms with Crippen LogP contribution in [0.5, 0.6) is 11.5 Å². The Morgan fingerprint density at radius 1 is 1.29 bits per heavy atom. The molecule has 28 heavy (non-hydrogen) atoms. The standard InChI is InChI=1S/C21H34N4O2.HI/c1-5-26-19-11-17-10-15(2)27-20(17)12-18(19)14-24-21(22-3)23-13-16-6-8-25(4)9-7-16;/h11-12,15-16H,5-10,13-14H2,1-4H3,(H2,22,23,24);1H. The number of nitrogens with zero attached hydrogens (tertiary/aromatic N) is 2. The number of benzene rings is 1. The zero-order valence-electron chi connectivity index (χ0n) is 17.6. The number of piperidine rings is 1. The summed E-state index contributed by atoms with van der Waals surface area (Å²) in [7, 11) is 4.02. The molecule has 1 atom stereocenters. The molecule has 2 aliphatic heterocycles. The van der Waals surface area contributed by atoms with Gasteiger partial charge in [0.15, 0.2) is 5.96 Å². The molecule has 0 saturated carbocycles. The molecule has 0 aliphatic carbocycles. The molecule has 1 saturated heterocycles. The summed E-state index contributed by atoms with van der Waals surface area (Å²) < 4.78 is 11.8. The molecule has 0 aromatic heterocycles. The van der Waals surface area contributed by atoms with Crippen molar-refractivity contribution >= 4 is 29.9 Å². The molecule has 1 aromatic rings. The van der Waals surface area contributed by atoms with Gasteiger partial charge in [0.05, 0.1) is 6.61 Å². The van der Waals surface area contributed by atoms with Crippen LogP contribution in [0.4, 0.5) is 0 Å². The number of aliphatic imine (C=N–C) groups is 1. The fraction of sp³-hybridized carbons (Fsp3) is 0.667. The lowest BCUT2D eigenvalue weighted by Gasteiger charge is -2.29. The predicted octanol–water partition coefficient (Wildman–Crippen LogP) is 3.03. The van der Waals surface area contributed by atoms with E-state index in [1.54, 1.807) is 0 Å². The number of halogens is 1. The van der Waals surface area contributed by atoms with Crippen LogP contribution >= 0.6 is 24.0 Å². The highest BCUT2D eigenvalue weighted by Crippen LogP contribution is 2.35. The van der Waals surface area contributed by atoms with Crippen LogP contribution in [0.2, 0.25) is 0 Å². The third-order valence-corrected chi connectivity index (χ3v) is 5.45. The van der Waals surface area contributed by atoms with Gasteiger partial charge in [0, 0.05) is 37.7 Å². The van der Waals surface area contributed by atoms with Gasteiger partial charge in [-0.15, -0.1) is 24.0 Å². The third kappa shape index (κ3) is 6.14. The van der Waals surface area contributed by atoms with Crippen molar-refractivity contribution in [1.29, 1.82) is 0 Å². The lowest BCUT2D eigenvalue weighted by atomic mass is 9.97. The second kappa shape index (κ2) is 11.1. The van der Waals surface area contributed by atoms with Gasteiger partial charge in [0.25, 0.3) is 0 Å². The SMILES string of the molecule is CCOc1cc2c(cc1CNC(=NC)NCC1CCN(C)CC1)OC(C)C2.I. The Kier molecular flexibility index (Phi) is 9.14. The first-order valence-electron chi connectivity index (χ1n) is 10.2. The first kappa shape index (κ1) is 23.1. The highest BCUT2D eigenvalue weighted by Gasteiger charge is 2.22. The Morgan fingerprint density at radius 2 is 2.04 bits per heavy atom. The van der Waals surface area contributed by atoms with Gasteiger partial charge in [0.1, 0.15) is 17.6 Å². The van der Waals surface area contributed by atoms with E-state index in [9.17, 15) is 0 Å². The molecule has 3 rings (SSSR count). The highest BCUT2D eigenvalue weighted by atomic mass is 127.